The smallest absolute Gasteiger partial charge is 0.342 e. The van der Waals surface area contributed by atoms with Gasteiger partial charge in [0, 0.05) is 17.0 Å². The van der Waals surface area contributed by atoms with E-state index in [9.17, 15) is 9.90 Å². The number of carbonyl (C=O) groups excluding carboxylic acids is 1. The lowest BCUT2D eigenvalue weighted by molar-refractivity contribution is 0.0426. The van der Waals surface area contributed by atoms with Gasteiger partial charge in [-0.3, -0.25) is 0 Å². The molecular formula is C15H12N2O5S. The predicted octanol–water partition coefficient (Wildman–Crippen LogP) is 2.87. The number of phenolic OH excluding ortho intramolecular Hbond substituents is 1. The van der Waals surface area contributed by atoms with Gasteiger partial charge in [-0.25, -0.2) is 4.79 Å². The number of rotatable bonds is 5. The van der Waals surface area contributed by atoms with Crippen LogP contribution in [-0.2, 0) is 11.3 Å². The van der Waals surface area contributed by atoms with Crippen molar-refractivity contribution in [2.24, 2.45) is 0 Å². The normalized spacial score (nSPS) is 10.5. The number of benzene rings is 1. The third-order valence-corrected chi connectivity index (χ3v) is 3.68. The molecule has 0 unspecified atom stereocenters. The van der Waals surface area contributed by atoms with Gasteiger partial charge in [-0.1, -0.05) is 5.16 Å². The molecule has 2 heterocycles. The molecule has 0 amide bonds. The Bertz CT molecular complexity index is 813. The summed E-state index contributed by atoms with van der Waals surface area (Å²) in [6, 6.07) is 6.16. The Labute approximate surface area is 135 Å². The van der Waals surface area contributed by atoms with E-state index >= 15 is 0 Å². The van der Waals surface area contributed by atoms with Gasteiger partial charge in [0.25, 0.3) is 5.89 Å². The van der Waals surface area contributed by atoms with Crippen LogP contribution < -0.4 is 4.74 Å². The largest absolute Gasteiger partial charge is 0.507 e. The lowest BCUT2D eigenvalue weighted by Gasteiger charge is -2.06. The number of thiophene rings is 1. The van der Waals surface area contributed by atoms with Crippen LogP contribution in [-0.4, -0.2) is 28.3 Å². The van der Waals surface area contributed by atoms with Crippen LogP contribution in [0.4, 0.5) is 0 Å². The molecule has 0 saturated carbocycles. The summed E-state index contributed by atoms with van der Waals surface area (Å²) in [4.78, 5) is 16.1. The van der Waals surface area contributed by atoms with Crippen molar-refractivity contribution in [2.75, 3.05) is 7.11 Å². The standard InChI is InChI=1S/C15H12N2O5S/c1-20-10-2-3-11(12(18)6-10)15(19)21-7-13-16-14(17-22-13)9-4-5-23-8-9/h2-6,8,18H,7H2,1H3. The summed E-state index contributed by atoms with van der Waals surface area (Å²) in [6.07, 6.45) is 0. The van der Waals surface area contributed by atoms with E-state index in [0.29, 0.717) is 11.6 Å². The molecule has 2 aromatic heterocycles. The lowest BCUT2D eigenvalue weighted by Crippen LogP contribution is -2.06. The maximum Gasteiger partial charge on any atom is 0.342 e. The Hall–Kier alpha value is -2.87. The van der Waals surface area contributed by atoms with Crippen molar-refractivity contribution in [1.29, 1.82) is 0 Å². The molecule has 0 radical (unpaired) electrons. The first-order chi connectivity index (χ1) is 11.2. The zero-order chi connectivity index (χ0) is 16.2. The van der Waals surface area contributed by atoms with Crippen molar-refractivity contribution in [3.63, 3.8) is 0 Å². The molecule has 0 fully saturated rings. The van der Waals surface area contributed by atoms with Crippen molar-refractivity contribution in [2.45, 2.75) is 6.61 Å². The van der Waals surface area contributed by atoms with Gasteiger partial charge in [0.15, 0.2) is 6.61 Å². The summed E-state index contributed by atoms with van der Waals surface area (Å²) >= 11 is 1.52. The molecule has 23 heavy (non-hydrogen) atoms. The van der Waals surface area contributed by atoms with Gasteiger partial charge >= 0.3 is 5.97 Å². The fraction of sp³-hybridized carbons (Fsp3) is 0.133. The molecule has 1 aromatic carbocycles. The van der Waals surface area contributed by atoms with Gasteiger partial charge in [-0.15, -0.1) is 0 Å². The molecule has 118 valence electrons. The zero-order valence-electron chi connectivity index (χ0n) is 12.1. The molecule has 0 spiro atoms. The minimum atomic E-state index is -0.694. The number of aromatic hydroxyl groups is 1. The highest BCUT2D eigenvalue weighted by Gasteiger charge is 2.16. The van der Waals surface area contributed by atoms with E-state index in [1.165, 1.54) is 30.6 Å². The monoisotopic (exact) mass is 332 g/mol. The topological polar surface area (TPSA) is 94.7 Å². The fourth-order valence-corrected chi connectivity index (χ4v) is 2.47. The lowest BCUT2D eigenvalue weighted by atomic mass is 10.2. The summed E-state index contributed by atoms with van der Waals surface area (Å²) in [5.74, 6) is 0.132. The molecule has 0 bridgehead atoms. The van der Waals surface area contributed by atoms with E-state index in [0.717, 1.165) is 5.56 Å². The van der Waals surface area contributed by atoms with Crippen LogP contribution >= 0.6 is 11.3 Å². The number of esters is 1. The van der Waals surface area contributed by atoms with E-state index in [-0.39, 0.29) is 23.8 Å². The Balaban J connectivity index is 1.65. The number of phenols is 1. The van der Waals surface area contributed by atoms with E-state index in [2.05, 4.69) is 10.1 Å². The number of methoxy groups -OCH3 is 1. The van der Waals surface area contributed by atoms with E-state index in [1.54, 1.807) is 6.07 Å². The van der Waals surface area contributed by atoms with Crippen LogP contribution in [0.5, 0.6) is 11.5 Å². The molecule has 0 aliphatic carbocycles. The molecular weight excluding hydrogens is 320 g/mol. The fourth-order valence-electron chi connectivity index (χ4n) is 1.84. The molecule has 8 heteroatoms. The minimum absolute atomic E-state index is 0.0309. The summed E-state index contributed by atoms with van der Waals surface area (Å²) in [6.45, 7) is -0.179. The summed E-state index contributed by atoms with van der Waals surface area (Å²) in [5.41, 5.74) is 0.868. The van der Waals surface area contributed by atoms with Crippen molar-refractivity contribution < 1.29 is 23.9 Å². The van der Waals surface area contributed by atoms with Crippen molar-refractivity contribution in [3.05, 3.63) is 46.5 Å². The summed E-state index contributed by atoms with van der Waals surface area (Å²) in [5, 5.41) is 17.4. The predicted molar refractivity (Wildman–Crippen MR) is 81.4 cm³/mol. The molecule has 3 aromatic rings. The number of carbonyl (C=O) groups is 1. The molecule has 0 aliphatic heterocycles. The third kappa shape index (κ3) is 3.32. The van der Waals surface area contributed by atoms with Crippen molar-refractivity contribution in [1.82, 2.24) is 10.1 Å². The number of nitrogens with zero attached hydrogens (tertiary/aromatic N) is 2. The van der Waals surface area contributed by atoms with Crippen LogP contribution in [0.2, 0.25) is 0 Å². The Kier molecular flexibility index (Phi) is 4.24. The average molecular weight is 332 g/mol. The van der Waals surface area contributed by atoms with Crippen LogP contribution in [0.3, 0.4) is 0 Å². The second-order valence-corrected chi connectivity index (χ2v) is 5.26. The molecule has 3 rings (SSSR count). The second kappa shape index (κ2) is 6.49. The summed E-state index contributed by atoms with van der Waals surface area (Å²) in [7, 11) is 1.47. The Morgan fingerprint density at radius 1 is 1.39 bits per heavy atom. The zero-order valence-corrected chi connectivity index (χ0v) is 12.9. The Morgan fingerprint density at radius 3 is 2.96 bits per heavy atom. The molecule has 0 saturated heterocycles. The first-order valence-corrected chi connectivity index (χ1v) is 7.51. The highest BCUT2D eigenvalue weighted by Crippen LogP contribution is 2.24. The minimum Gasteiger partial charge on any atom is -0.507 e. The van der Waals surface area contributed by atoms with Gasteiger partial charge in [-0.2, -0.15) is 16.3 Å². The molecule has 0 atom stereocenters. The second-order valence-electron chi connectivity index (χ2n) is 4.48. The SMILES string of the molecule is COc1ccc(C(=O)OCc2nc(-c3ccsc3)no2)c(O)c1. The number of ether oxygens (including phenoxy) is 2. The average Bonchev–Trinajstić information content (AvgIpc) is 3.23. The first-order valence-electron chi connectivity index (χ1n) is 6.56. The van der Waals surface area contributed by atoms with Crippen LogP contribution in [0.1, 0.15) is 16.2 Å². The van der Waals surface area contributed by atoms with E-state index in [1.807, 2.05) is 16.8 Å². The van der Waals surface area contributed by atoms with Crippen LogP contribution in [0, 0.1) is 0 Å². The summed E-state index contributed by atoms with van der Waals surface area (Å²) < 4.78 is 15.0. The Morgan fingerprint density at radius 2 is 2.26 bits per heavy atom. The van der Waals surface area contributed by atoms with Crippen LogP contribution in [0.15, 0.2) is 39.5 Å². The van der Waals surface area contributed by atoms with Gasteiger partial charge < -0.3 is 19.1 Å². The van der Waals surface area contributed by atoms with Gasteiger partial charge in [0.2, 0.25) is 5.82 Å². The third-order valence-electron chi connectivity index (χ3n) is 3.00. The molecule has 0 aliphatic rings. The molecule has 1 N–H and O–H groups in total. The van der Waals surface area contributed by atoms with E-state index < -0.39 is 5.97 Å². The maximum atomic E-state index is 12.0. The number of aromatic nitrogens is 2. The maximum absolute atomic E-state index is 12.0. The highest BCUT2D eigenvalue weighted by molar-refractivity contribution is 7.08. The van der Waals surface area contributed by atoms with Gasteiger partial charge in [-0.05, 0) is 23.6 Å². The van der Waals surface area contributed by atoms with Gasteiger partial charge in [0.05, 0.1) is 7.11 Å². The highest BCUT2D eigenvalue weighted by atomic mass is 32.1. The molecule has 7 nitrogen and oxygen atoms in total. The van der Waals surface area contributed by atoms with E-state index in [4.69, 9.17) is 14.0 Å². The quantitative estimate of drug-likeness (QED) is 0.718. The first kappa shape index (κ1) is 15.0. The van der Waals surface area contributed by atoms with Crippen molar-refractivity contribution >= 4 is 17.3 Å². The van der Waals surface area contributed by atoms with Crippen molar-refractivity contribution in [3.8, 4) is 22.9 Å². The number of hydrogen-bond acceptors (Lipinski definition) is 8. The van der Waals surface area contributed by atoms with Crippen LogP contribution in [0.25, 0.3) is 11.4 Å². The van der Waals surface area contributed by atoms with Gasteiger partial charge in [0.1, 0.15) is 17.1 Å². The number of hydrogen-bond donors (Lipinski definition) is 1.